The van der Waals surface area contributed by atoms with Crippen molar-refractivity contribution in [3.8, 4) is 0 Å². The van der Waals surface area contributed by atoms with Crippen LogP contribution in [0.3, 0.4) is 0 Å². The molecule has 6 fully saturated rings. The van der Waals surface area contributed by atoms with Gasteiger partial charge in [0.15, 0.2) is 0 Å². The molecule has 6 rings (SSSR count). The molecule has 0 amide bonds. The van der Waals surface area contributed by atoms with Crippen molar-refractivity contribution in [2.75, 3.05) is 237 Å². The monoisotopic (exact) mass is 2680 g/mol. The molecule has 0 aliphatic carbocycles. The zero-order chi connectivity index (χ0) is 51.7. The molecule has 0 spiro atoms. The van der Waals surface area contributed by atoms with E-state index in [4.69, 9.17) is 56.8 Å². The summed E-state index contributed by atoms with van der Waals surface area (Å²) in [6.07, 6.45) is 0. The third kappa shape index (κ3) is 71.5. The van der Waals surface area contributed by atoms with Crippen molar-refractivity contribution in [1.29, 1.82) is 0 Å². The van der Waals surface area contributed by atoms with Crippen LogP contribution in [0.4, 0.5) is 0 Å². The number of ether oxygens (including phenoxy) is 12. The first-order chi connectivity index (χ1) is 33.8. The number of hydrogen-bond donors (Lipinski definition) is 0. The summed E-state index contributed by atoms with van der Waals surface area (Å²) in [4.78, 5) is 9.25. The van der Waals surface area contributed by atoms with Crippen molar-refractivity contribution >= 4 is 271 Å². The Hall–Kier alpha value is 12.1. The molecule has 0 atom stereocenters. The Morgan fingerprint density at radius 1 is 0.176 bits per heavy atom. The van der Waals surface area contributed by atoms with E-state index < -0.39 is 0 Å². The molecule has 0 N–H and O–H groups in total. The molecule has 6 aliphatic rings. The predicted molar refractivity (Wildman–Crippen MR) is 385 cm³/mol. The average molecular weight is 2680 g/mol. The predicted octanol–water partition coefficient (Wildman–Crippen LogP) is -0.991. The standard InChI is InChI=1S/2C18H36N2O6.3C2I4.2HI.2K/c2*1-7-21-13-14-24-10-4-20-5-11-25-17-15-22-8-2-19(1)3-9-23-16-18-26-12-6-20;3*3-1(4)2(5)6;;;;/h2*1-18H2;;;;2*1H;;/q;;;;;;;2*+1/p-2. The van der Waals surface area contributed by atoms with Crippen molar-refractivity contribution in [2.45, 2.75) is 0 Å². The molecule has 432 valence electrons. The van der Waals surface area contributed by atoms with Crippen molar-refractivity contribution in [3.63, 3.8) is 0 Å². The van der Waals surface area contributed by atoms with Crippen LogP contribution in [0.5, 0.6) is 0 Å². The normalized spacial score (nSPS) is 23.4. The molecule has 6 saturated heterocycles. The molecular weight excluding hydrogens is 2610 g/mol. The maximum absolute atomic E-state index is 5.70. The smallest absolute Gasteiger partial charge is 1.00 e. The van der Waals surface area contributed by atoms with Crippen LogP contribution in [0.1, 0.15) is 0 Å². The summed E-state index contributed by atoms with van der Waals surface area (Å²) in [7, 11) is 0. The molecule has 74 heavy (non-hydrogen) atoms. The second-order valence-corrected chi connectivity index (χ2v) is 39.6. The average Bonchev–Trinajstić information content (AvgIpc) is 3.32. The maximum atomic E-state index is 5.70. The van der Waals surface area contributed by atoms with Crippen LogP contribution in [0.2, 0.25) is 0 Å². The number of hydrogen-bond acceptors (Lipinski definition) is 16. The van der Waals surface area contributed by atoms with Gasteiger partial charge in [-0.25, -0.2) is 0 Å². The van der Waals surface area contributed by atoms with Crippen molar-refractivity contribution < 1.29 is 208 Å². The van der Waals surface area contributed by atoms with Crippen LogP contribution in [0.25, 0.3) is 0 Å². The Labute approximate surface area is 727 Å². The van der Waals surface area contributed by atoms with E-state index in [0.717, 1.165) is 78.5 Å². The first-order valence-electron chi connectivity index (χ1n) is 22.7. The first-order valence-corrected chi connectivity index (χ1v) is 35.7. The van der Waals surface area contributed by atoms with Gasteiger partial charge in [-0.15, -0.1) is 0 Å². The van der Waals surface area contributed by atoms with Crippen molar-refractivity contribution in [1.82, 2.24) is 19.6 Å². The van der Waals surface area contributed by atoms with Gasteiger partial charge in [0.1, 0.15) is 0 Å². The molecule has 0 unspecified atom stereocenters. The van der Waals surface area contributed by atoms with Crippen molar-refractivity contribution in [2.24, 2.45) is 0 Å². The molecule has 0 radical (unpaired) electrons. The Morgan fingerprint density at radius 2 is 0.257 bits per heavy atom. The zero-order valence-corrected chi connectivity index (χ0v) is 78.9. The topological polar surface area (TPSA) is 124 Å². The fourth-order valence-corrected chi connectivity index (χ4v) is 5.60. The van der Waals surface area contributed by atoms with Gasteiger partial charge in [-0.3, -0.25) is 19.6 Å². The van der Waals surface area contributed by atoms with Gasteiger partial charge in [-0.2, -0.15) is 0 Å². The molecular formula is C42H72I14K2N4O12. The van der Waals surface area contributed by atoms with Crippen LogP contribution in [-0.4, -0.2) is 257 Å². The molecule has 0 aromatic carbocycles. The van der Waals surface area contributed by atoms with Crippen LogP contribution >= 0.6 is 271 Å². The SMILES string of the molecule is C1COCCN2CCOCCOCCN(CCO1)CCOCCOCC2.C1COCCN2CCOCCOCCN(CCO1)CCOCCOCC2.IC(I)=C(I)I.IC(I)=C(I)I.IC(I)=C(I)I.[I-].[I-].[K+].[K+]. The Balaban J connectivity index is -0.000000309. The molecule has 0 aromatic heterocycles. The summed E-state index contributed by atoms with van der Waals surface area (Å²) in [5.74, 6) is 0. The number of rotatable bonds is 0. The van der Waals surface area contributed by atoms with E-state index in [-0.39, 0.29) is 151 Å². The Bertz CT molecular complexity index is 998. The summed E-state index contributed by atoms with van der Waals surface area (Å²) >= 11 is 27.4. The zero-order valence-electron chi connectivity index (χ0n) is 42.4. The van der Waals surface area contributed by atoms with Gasteiger partial charge in [0.05, 0.1) is 168 Å². The van der Waals surface area contributed by atoms with Gasteiger partial charge >= 0.3 is 103 Å². The van der Waals surface area contributed by atoms with E-state index in [0.29, 0.717) is 159 Å². The van der Waals surface area contributed by atoms with E-state index in [1.165, 1.54) is 9.52 Å². The summed E-state index contributed by atoms with van der Waals surface area (Å²) in [5, 5.41) is 0. The Kier molecular flexibility index (Phi) is 94.9. The second kappa shape index (κ2) is 74.1. The maximum Gasteiger partial charge on any atom is 1.00 e. The minimum Gasteiger partial charge on any atom is -1.00 e. The van der Waals surface area contributed by atoms with E-state index in [1.807, 2.05) is 0 Å². The third-order valence-corrected chi connectivity index (χ3v) is 28.1. The molecule has 0 aromatic rings. The van der Waals surface area contributed by atoms with E-state index >= 15 is 0 Å². The van der Waals surface area contributed by atoms with Gasteiger partial charge in [0.2, 0.25) is 0 Å². The first kappa shape index (κ1) is 94.8. The third-order valence-electron chi connectivity index (χ3n) is 9.28. The van der Waals surface area contributed by atoms with E-state index in [1.54, 1.807) is 0 Å². The van der Waals surface area contributed by atoms with Crippen molar-refractivity contribution in [3.05, 3.63) is 9.52 Å². The van der Waals surface area contributed by atoms with E-state index in [2.05, 4.69) is 291 Å². The van der Waals surface area contributed by atoms with Gasteiger partial charge in [-0.05, 0) is 271 Å². The molecule has 4 bridgehead atoms. The molecule has 6 heterocycles. The van der Waals surface area contributed by atoms with Crippen LogP contribution in [-0.2, 0) is 56.8 Å². The summed E-state index contributed by atoms with van der Waals surface area (Å²) in [5.41, 5.74) is 0. The van der Waals surface area contributed by atoms with Gasteiger partial charge < -0.3 is 105 Å². The quantitative estimate of drug-likeness (QED) is 0.218. The van der Waals surface area contributed by atoms with Gasteiger partial charge in [-0.1, -0.05) is 0 Å². The molecule has 16 nitrogen and oxygen atoms in total. The summed E-state index contributed by atoms with van der Waals surface area (Å²) < 4.78 is 76.4. The summed E-state index contributed by atoms with van der Waals surface area (Å²) in [6.45, 7) is 26.4. The second-order valence-electron chi connectivity index (χ2n) is 14.3. The molecule has 32 heteroatoms. The Morgan fingerprint density at radius 3 is 0.324 bits per heavy atom. The summed E-state index contributed by atoms with van der Waals surface area (Å²) in [6, 6.07) is 0. The minimum absolute atomic E-state index is 0. The number of fused-ring (bicyclic) bond motifs is 42. The van der Waals surface area contributed by atoms with Gasteiger partial charge in [0, 0.05) is 78.5 Å². The van der Waals surface area contributed by atoms with Crippen LogP contribution in [0, 0.1) is 0 Å². The minimum atomic E-state index is 0. The molecule has 0 saturated carbocycles. The number of nitrogens with zero attached hydrogens (tertiary/aromatic N) is 4. The van der Waals surface area contributed by atoms with Gasteiger partial charge in [0.25, 0.3) is 0 Å². The molecule has 6 aliphatic heterocycles. The largest absolute Gasteiger partial charge is 1.00 e. The van der Waals surface area contributed by atoms with E-state index in [9.17, 15) is 0 Å². The van der Waals surface area contributed by atoms with Crippen LogP contribution < -0.4 is 151 Å². The van der Waals surface area contributed by atoms with Crippen LogP contribution in [0.15, 0.2) is 9.52 Å². The fraction of sp³-hybridized carbons (Fsp3) is 0.857. The number of halogens is 14. The fourth-order valence-electron chi connectivity index (χ4n) is 5.60.